The summed E-state index contributed by atoms with van der Waals surface area (Å²) in [5.74, 6) is -0.288. The second kappa shape index (κ2) is 6.89. The molecule has 0 aliphatic heterocycles. The van der Waals surface area contributed by atoms with Crippen molar-refractivity contribution >= 4 is 27.5 Å². The van der Waals surface area contributed by atoms with E-state index in [0.717, 1.165) is 15.2 Å². The van der Waals surface area contributed by atoms with E-state index < -0.39 is 6.10 Å². The van der Waals surface area contributed by atoms with Crippen LogP contribution in [0.1, 0.15) is 29.5 Å². The van der Waals surface area contributed by atoms with Crippen LogP contribution in [0.25, 0.3) is 10.2 Å². The highest BCUT2D eigenvalue weighted by Gasteiger charge is 2.18. The van der Waals surface area contributed by atoms with E-state index in [1.54, 1.807) is 35.6 Å². The van der Waals surface area contributed by atoms with E-state index in [0.29, 0.717) is 12.1 Å². The van der Waals surface area contributed by atoms with Gasteiger partial charge in [0.25, 0.3) is 5.91 Å². The molecule has 0 aliphatic rings. The van der Waals surface area contributed by atoms with Crippen molar-refractivity contribution in [3.63, 3.8) is 0 Å². The zero-order valence-electron chi connectivity index (χ0n) is 12.8. The second-order valence-corrected chi connectivity index (χ2v) is 6.54. The summed E-state index contributed by atoms with van der Waals surface area (Å²) in [6.07, 6.45) is -1.14. The lowest BCUT2D eigenvalue weighted by Crippen LogP contribution is -2.32. The van der Waals surface area contributed by atoms with Gasteiger partial charge < -0.3 is 10.4 Å². The van der Waals surface area contributed by atoms with E-state index in [-0.39, 0.29) is 11.8 Å². The molecule has 0 radical (unpaired) electrons. The average molecular weight is 326 g/mol. The van der Waals surface area contributed by atoms with Crippen LogP contribution in [0.5, 0.6) is 0 Å². The molecule has 0 bridgehead atoms. The molecule has 0 aliphatic carbocycles. The predicted molar refractivity (Wildman–Crippen MR) is 92.4 cm³/mol. The first-order chi connectivity index (χ1) is 11.1. The maximum atomic E-state index is 12.1. The number of carbonyl (C=O) groups excluding carboxylic acids is 1. The fourth-order valence-corrected chi connectivity index (χ4v) is 3.34. The molecule has 4 nitrogen and oxygen atoms in total. The summed E-state index contributed by atoms with van der Waals surface area (Å²) in [6, 6.07) is 16.9. The van der Waals surface area contributed by atoms with Crippen LogP contribution >= 0.6 is 11.3 Å². The first-order valence-electron chi connectivity index (χ1n) is 7.51. The van der Waals surface area contributed by atoms with Gasteiger partial charge in [-0.2, -0.15) is 0 Å². The SMILES string of the molecule is C[C@@H](CNC(=O)[C@@H](O)c1ccccc1)c1nc2ccccc2s1. The maximum absolute atomic E-state index is 12.1. The Bertz CT molecular complexity index is 768. The largest absolute Gasteiger partial charge is 0.378 e. The number of para-hydroxylation sites is 1. The van der Waals surface area contributed by atoms with Crippen LogP contribution in [0.4, 0.5) is 0 Å². The lowest BCUT2D eigenvalue weighted by atomic mass is 10.1. The molecular formula is C18H18N2O2S. The number of nitrogens with one attached hydrogen (secondary N) is 1. The maximum Gasteiger partial charge on any atom is 0.253 e. The molecule has 3 rings (SSSR count). The van der Waals surface area contributed by atoms with Crippen LogP contribution in [0.2, 0.25) is 0 Å². The Morgan fingerprint density at radius 1 is 1.17 bits per heavy atom. The Kier molecular flexibility index (Phi) is 4.69. The highest BCUT2D eigenvalue weighted by Crippen LogP contribution is 2.27. The smallest absolute Gasteiger partial charge is 0.253 e. The summed E-state index contributed by atoms with van der Waals surface area (Å²) < 4.78 is 1.14. The fraction of sp³-hybridized carbons (Fsp3) is 0.222. The highest BCUT2D eigenvalue weighted by molar-refractivity contribution is 7.18. The number of carbonyl (C=O) groups is 1. The van der Waals surface area contributed by atoms with Gasteiger partial charge in [0.05, 0.1) is 15.2 Å². The molecule has 5 heteroatoms. The van der Waals surface area contributed by atoms with Gasteiger partial charge in [0.1, 0.15) is 0 Å². The van der Waals surface area contributed by atoms with E-state index in [2.05, 4.69) is 10.3 Å². The molecule has 2 aromatic carbocycles. The van der Waals surface area contributed by atoms with Gasteiger partial charge in [-0.3, -0.25) is 4.79 Å². The number of aliphatic hydroxyl groups excluding tert-OH is 1. The van der Waals surface area contributed by atoms with Crippen molar-refractivity contribution in [2.75, 3.05) is 6.54 Å². The van der Waals surface area contributed by atoms with Crippen LogP contribution in [0, 0.1) is 0 Å². The zero-order valence-corrected chi connectivity index (χ0v) is 13.6. The third-order valence-electron chi connectivity index (χ3n) is 3.68. The lowest BCUT2D eigenvalue weighted by Gasteiger charge is -2.14. The average Bonchev–Trinajstić information content (AvgIpc) is 3.03. The van der Waals surface area contributed by atoms with E-state index in [1.807, 2.05) is 37.3 Å². The second-order valence-electron chi connectivity index (χ2n) is 5.48. The minimum Gasteiger partial charge on any atom is -0.378 e. The summed E-state index contributed by atoms with van der Waals surface area (Å²) >= 11 is 1.64. The standard InChI is InChI=1S/C18H18N2O2S/c1-12(18-20-14-9-5-6-10-15(14)23-18)11-19-17(22)16(21)13-7-3-2-4-8-13/h2-10,12,16,21H,11H2,1H3,(H,19,22)/t12-,16-/m0/s1. The predicted octanol–water partition coefficient (Wildman–Crippen LogP) is 3.25. The molecule has 0 fully saturated rings. The molecular weight excluding hydrogens is 308 g/mol. The van der Waals surface area contributed by atoms with Crippen molar-refractivity contribution in [2.24, 2.45) is 0 Å². The molecule has 118 valence electrons. The summed E-state index contributed by atoms with van der Waals surface area (Å²) in [6.45, 7) is 2.47. The number of benzene rings is 2. The van der Waals surface area contributed by atoms with Crippen LogP contribution < -0.4 is 5.32 Å². The van der Waals surface area contributed by atoms with Crippen LogP contribution in [0.15, 0.2) is 54.6 Å². The molecule has 2 atom stereocenters. The molecule has 1 aromatic heterocycles. The third-order valence-corrected chi connectivity index (χ3v) is 4.95. The number of amides is 1. The molecule has 23 heavy (non-hydrogen) atoms. The van der Waals surface area contributed by atoms with Crippen molar-refractivity contribution in [3.8, 4) is 0 Å². The topological polar surface area (TPSA) is 62.2 Å². The van der Waals surface area contributed by atoms with Gasteiger partial charge in [0.2, 0.25) is 0 Å². The summed E-state index contributed by atoms with van der Waals surface area (Å²) in [5.41, 5.74) is 1.58. The first kappa shape index (κ1) is 15.6. The van der Waals surface area contributed by atoms with Gasteiger partial charge in [0.15, 0.2) is 6.10 Å². The summed E-state index contributed by atoms with van der Waals surface area (Å²) in [4.78, 5) is 16.7. The number of nitrogens with zero attached hydrogens (tertiary/aromatic N) is 1. The normalized spacial score (nSPS) is 13.7. The summed E-state index contributed by atoms with van der Waals surface area (Å²) in [7, 11) is 0. The van der Waals surface area contributed by atoms with Crippen LogP contribution in [0.3, 0.4) is 0 Å². The van der Waals surface area contributed by atoms with Crippen molar-refractivity contribution in [1.82, 2.24) is 10.3 Å². The molecule has 1 heterocycles. The molecule has 0 saturated heterocycles. The Balaban J connectivity index is 1.62. The Hall–Kier alpha value is -2.24. The quantitative estimate of drug-likeness (QED) is 0.756. The molecule has 3 aromatic rings. The fourth-order valence-electron chi connectivity index (χ4n) is 2.33. The van der Waals surface area contributed by atoms with Crippen molar-refractivity contribution in [2.45, 2.75) is 18.9 Å². The van der Waals surface area contributed by atoms with Crippen molar-refractivity contribution in [1.29, 1.82) is 0 Å². The minimum atomic E-state index is -1.14. The molecule has 1 amide bonds. The molecule has 0 unspecified atom stereocenters. The number of aromatic nitrogens is 1. The Labute approximate surface area is 138 Å². The zero-order chi connectivity index (χ0) is 16.2. The Morgan fingerprint density at radius 2 is 1.87 bits per heavy atom. The molecule has 0 spiro atoms. The monoisotopic (exact) mass is 326 g/mol. The lowest BCUT2D eigenvalue weighted by molar-refractivity contribution is -0.129. The van der Waals surface area contributed by atoms with E-state index in [4.69, 9.17) is 0 Å². The van der Waals surface area contributed by atoms with Gasteiger partial charge in [0, 0.05) is 12.5 Å². The first-order valence-corrected chi connectivity index (χ1v) is 8.33. The van der Waals surface area contributed by atoms with Gasteiger partial charge in [-0.15, -0.1) is 11.3 Å². The van der Waals surface area contributed by atoms with Gasteiger partial charge >= 0.3 is 0 Å². The number of rotatable bonds is 5. The third kappa shape index (κ3) is 3.57. The highest BCUT2D eigenvalue weighted by atomic mass is 32.1. The number of hydrogen-bond acceptors (Lipinski definition) is 4. The van der Waals surface area contributed by atoms with Crippen LogP contribution in [-0.2, 0) is 4.79 Å². The van der Waals surface area contributed by atoms with E-state index >= 15 is 0 Å². The van der Waals surface area contributed by atoms with Crippen LogP contribution in [-0.4, -0.2) is 22.5 Å². The number of thiazole rings is 1. The van der Waals surface area contributed by atoms with Gasteiger partial charge in [-0.05, 0) is 17.7 Å². The van der Waals surface area contributed by atoms with Crippen molar-refractivity contribution in [3.05, 3.63) is 65.2 Å². The van der Waals surface area contributed by atoms with Gasteiger partial charge in [-0.1, -0.05) is 49.4 Å². The number of aliphatic hydroxyl groups is 1. The van der Waals surface area contributed by atoms with Crippen molar-refractivity contribution < 1.29 is 9.90 Å². The summed E-state index contributed by atoms with van der Waals surface area (Å²) in [5, 5.41) is 13.8. The molecule has 0 saturated carbocycles. The number of hydrogen-bond donors (Lipinski definition) is 2. The van der Waals surface area contributed by atoms with E-state index in [1.165, 1.54) is 0 Å². The minimum absolute atomic E-state index is 0.0966. The molecule has 2 N–H and O–H groups in total. The number of fused-ring (bicyclic) bond motifs is 1. The van der Waals surface area contributed by atoms with E-state index in [9.17, 15) is 9.90 Å². The van der Waals surface area contributed by atoms with Gasteiger partial charge in [-0.25, -0.2) is 4.98 Å². The Morgan fingerprint density at radius 3 is 2.61 bits per heavy atom.